The molecule has 0 aromatic carbocycles. The average Bonchev–Trinajstić information content (AvgIpc) is 2.38. The summed E-state index contributed by atoms with van der Waals surface area (Å²) in [6.45, 7) is 4.56. The van der Waals surface area contributed by atoms with E-state index >= 15 is 0 Å². The van der Waals surface area contributed by atoms with Gasteiger partial charge in [0.05, 0.1) is 0 Å². The van der Waals surface area contributed by atoms with Gasteiger partial charge in [0.25, 0.3) is 5.92 Å². The minimum absolute atomic E-state index is 0.0817. The van der Waals surface area contributed by atoms with Gasteiger partial charge in [-0.25, -0.2) is 8.78 Å². The van der Waals surface area contributed by atoms with Gasteiger partial charge in [-0.1, -0.05) is 0 Å². The van der Waals surface area contributed by atoms with Crippen molar-refractivity contribution in [2.75, 3.05) is 19.6 Å². The summed E-state index contributed by atoms with van der Waals surface area (Å²) in [6, 6.07) is 0.404. The molecule has 2 heterocycles. The van der Waals surface area contributed by atoms with Crippen LogP contribution in [0.2, 0.25) is 0 Å². The first-order chi connectivity index (χ1) is 8.58. The van der Waals surface area contributed by atoms with Gasteiger partial charge in [-0.15, -0.1) is 0 Å². The van der Waals surface area contributed by atoms with Gasteiger partial charge in [0.2, 0.25) is 0 Å². The van der Waals surface area contributed by atoms with Crippen LogP contribution < -0.4 is 10.6 Å². The third-order valence-electron chi connectivity index (χ3n) is 4.60. The zero-order chi connectivity index (χ0) is 13.0. The number of alkyl halides is 2. The molecule has 0 amide bonds. The fourth-order valence-corrected chi connectivity index (χ4v) is 3.13. The van der Waals surface area contributed by atoms with Crippen molar-refractivity contribution in [3.05, 3.63) is 0 Å². The predicted octanol–water partition coefficient (Wildman–Crippen LogP) is 2.79. The van der Waals surface area contributed by atoms with Gasteiger partial charge in [-0.2, -0.15) is 0 Å². The van der Waals surface area contributed by atoms with Crippen LogP contribution in [0.1, 0.15) is 45.4 Å². The lowest BCUT2D eigenvalue weighted by molar-refractivity contribution is -0.0791. The first-order valence-electron chi connectivity index (χ1n) is 7.40. The van der Waals surface area contributed by atoms with E-state index in [4.69, 9.17) is 0 Å². The van der Waals surface area contributed by atoms with Crippen molar-refractivity contribution < 1.29 is 8.78 Å². The van der Waals surface area contributed by atoms with Gasteiger partial charge in [-0.3, -0.25) is 0 Å². The van der Waals surface area contributed by atoms with Crippen molar-refractivity contribution >= 4 is 0 Å². The highest BCUT2D eigenvalue weighted by Crippen LogP contribution is 2.36. The van der Waals surface area contributed by atoms with Crippen LogP contribution in [-0.2, 0) is 0 Å². The average molecular weight is 260 g/mol. The molecule has 18 heavy (non-hydrogen) atoms. The molecule has 0 radical (unpaired) electrons. The fourth-order valence-electron chi connectivity index (χ4n) is 3.13. The smallest absolute Gasteiger partial charge is 0.252 e. The lowest BCUT2D eigenvalue weighted by atomic mass is 9.84. The Kier molecular flexibility index (Phi) is 4.96. The molecule has 0 aromatic heterocycles. The van der Waals surface area contributed by atoms with Crippen molar-refractivity contribution in [3.63, 3.8) is 0 Å². The van der Waals surface area contributed by atoms with Crippen molar-refractivity contribution in [3.8, 4) is 0 Å². The molecule has 2 fully saturated rings. The molecule has 2 rings (SSSR count). The third kappa shape index (κ3) is 3.89. The monoisotopic (exact) mass is 260 g/mol. The minimum Gasteiger partial charge on any atom is -0.317 e. The Labute approximate surface area is 109 Å². The Morgan fingerprint density at radius 3 is 2.44 bits per heavy atom. The van der Waals surface area contributed by atoms with Crippen LogP contribution in [0.4, 0.5) is 8.78 Å². The summed E-state index contributed by atoms with van der Waals surface area (Å²) in [5.41, 5.74) is 0. The van der Waals surface area contributed by atoms with E-state index in [-0.39, 0.29) is 6.42 Å². The number of nitrogens with one attached hydrogen (secondary N) is 2. The molecule has 0 bridgehead atoms. The molecule has 2 atom stereocenters. The van der Waals surface area contributed by atoms with Gasteiger partial charge in [0.1, 0.15) is 0 Å². The van der Waals surface area contributed by atoms with Gasteiger partial charge < -0.3 is 10.6 Å². The Balaban J connectivity index is 1.75. The Morgan fingerprint density at radius 2 is 1.83 bits per heavy atom. The largest absolute Gasteiger partial charge is 0.317 e. The maximum Gasteiger partial charge on any atom is 0.252 e. The molecule has 2 unspecified atom stereocenters. The van der Waals surface area contributed by atoms with E-state index in [1.807, 2.05) is 0 Å². The molecule has 2 nitrogen and oxygen atoms in total. The first-order valence-corrected chi connectivity index (χ1v) is 7.40. The molecule has 0 spiro atoms. The second-order valence-electron chi connectivity index (χ2n) is 6.08. The van der Waals surface area contributed by atoms with E-state index < -0.39 is 11.8 Å². The van der Waals surface area contributed by atoms with Crippen LogP contribution in [0.25, 0.3) is 0 Å². The zero-order valence-electron chi connectivity index (χ0n) is 11.4. The van der Waals surface area contributed by atoms with Gasteiger partial charge in [-0.05, 0) is 58.0 Å². The first kappa shape index (κ1) is 14.2. The van der Waals surface area contributed by atoms with E-state index in [0.29, 0.717) is 31.3 Å². The standard InChI is InChI=1S/C14H26F2N2/c1-11-2-3-13(10-18-11)14(15,16)7-4-12-5-8-17-9-6-12/h11-13,17-18H,2-10H2,1H3. The molecule has 2 saturated heterocycles. The number of halogens is 2. The molecule has 106 valence electrons. The quantitative estimate of drug-likeness (QED) is 0.812. The number of hydrogen-bond acceptors (Lipinski definition) is 2. The summed E-state index contributed by atoms with van der Waals surface area (Å²) in [7, 11) is 0. The topological polar surface area (TPSA) is 24.1 Å². The van der Waals surface area contributed by atoms with Crippen LogP contribution in [0.5, 0.6) is 0 Å². The molecule has 0 saturated carbocycles. The van der Waals surface area contributed by atoms with Crippen molar-refractivity contribution in [2.24, 2.45) is 11.8 Å². The molecule has 2 aliphatic heterocycles. The van der Waals surface area contributed by atoms with Gasteiger partial charge in [0, 0.05) is 24.9 Å². The van der Waals surface area contributed by atoms with Crippen LogP contribution in [0.15, 0.2) is 0 Å². The highest BCUT2D eigenvalue weighted by molar-refractivity contribution is 4.85. The number of hydrogen-bond donors (Lipinski definition) is 2. The number of rotatable bonds is 4. The normalized spacial score (nSPS) is 31.5. The molecular formula is C14H26F2N2. The molecule has 2 N–H and O–H groups in total. The number of piperidine rings is 2. The van der Waals surface area contributed by atoms with Crippen molar-refractivity contribution in [1.82, 2.24) is 10.6 Å². The van der Waals surface area contributed by atoms with Crippen LogP contribution in [-0.4, -0.2) is 31.6 Å². The third-order valence-corrected chi connectivity index (χ3v) is 4.60. The van der Waals surface area contributed by atoms with E-state index in [1.54, 1.807) is 0 Å². The maximum atomic E-state index is 14.1. The highest BCUT2D eigenvalue weighted by Gasteiger charge is 2.40. The second-order valence-corrected chi connectivity index (χ2v) is 6.08. The van der Waals surface area contributed by atoms with Gasteiger partial charge >= 0.3 is 0 Å². The fraction of sp³-hybridized carbons (Fsp3) is 1.00. The summed E-state index contributed by atoms with van der Waals surface area (Å²) in [5.74, 6) is -2.42. The molecular weight excluding hydrogens is 234 g/mol. The Bertz CT molecular complexity index is 244. The van der Waals surface area contributed by atoms with E-state index in [1.165, 1.54) is 0 Å². The molecule has 0 aromatic rings. The molecule has 4 heteroatoms. The minimum atomic E-state index is -2.47. The maximum absolute atomic E-state index is 14.1. The van der Waals surface area contributed by atoms with E-state index in [0.717, 1.165) is 32.4 Å². The van der Waals surface area contributed by atoms with Crippen LogP contribution in [0.3, 0.4) is 0 Å². The summed E-state index contributed by atoms with van der Waals surface area (Å²) in [4.78, 5) is 0. The Hall–Kier alpha value is -0.220. The summed E-state index contributed by atoms with van der Waals surface area (Å²) in [6.07, 6.45) is 4.46. The summed E-state index contributed by atoms with van der Waals surface area (Å²) < 4.78 is 28.3. The summed E-state index contributed by atoms with van der Waals surface area (Å²) in [5, 5.41) is 6.47. The SMILES string of the molecule is CC1CCC(C(F)(F)CCC2CCNCC2)CN1. The predicted molar refractivity (Wildman–Crippen MR) is 70.0 cm³/mol. The van der Waals surface area contributed by atoms with Crippen molar-refractivity contribution in [1.29, 1.82) is 0 Å². The van der Waals surface area contributed by atoms with E-state index in [2.05, 4.69) is 17.6 Å². The Morgan fingerprint density at radius 1 is 1.11 bits per heavy atom. The van der Waals surface area contributed by atoms with Gasteiger partial charge in [0.15, 0.2) is 0 Å². The lowest BCUT2D eigenvalue weighted by Gasteiger charge is -2.34. The molecule has 0 aliphatic carbocycles. The summed E-state index contributed by atoms with van der Waals surface area (Å²) >= 11 is 0. The lowest BCUT2D eigenvalue weighted by Crippen LogP contribution is -2.44. The van der Waals surface area contributed by atoms with Crippen LogP contribution in [0, 0.1) is 11.8 Å². The zero-order valence-corrected chi connectivity index (χ0v) is 11.4. The molecule has 2 aliphatic rings. The van der Waals surface area contributed by atoms with E-state index in [9.17, 15) is 8.78 Å². The van der Waals surface area contributed by atoms with Crippen molar-refractivity contribution in [2.45, 2.75) is 57.4 Å². The second kappa shape index (κ2) is 6.29. The van der Waals surface area contributed by atoms with Crippen LogP contribution >= 0.6 is 0 Å². The highest BCUT2D eigenvalue weighted by atomic mass is 19.3.